The van der Waals surface area contributed by atoms with Gasteiger partial charge in [-0.2, -0.15) is 5.26 Å². The van der Waals surface area contributed by atoms with E-state index >= 15 is 0 Å². The molecule has 3 nitrogen and oxygen atoms in total. The molecule has 1 unspecified atom stereocenters. The highest BCUT2D eigenvalue weighted by molar-refractivity contribution is 5.57. The van der Waals surface area contributed by atoms with Crippen molar-refractivity contribution < 1.29 is 9.47 Å². The largest absolute Gasteiger partial charge is 0.493 e. The van der Waals surface area contributed by atoms with Gasteiger partial charge in [-0.15, -0.1) is 0 Å². The molecule has 0 radical (unpaired) electrons. The van der Waals surface area contributed by atoms with E-state index in [4.69, 9.17) is 14.7 Å². The summed E-state index contributed by atoms with van der Waals surface area (Å²) in [6, 6.07) is 5.64. The van der Waals surface area contributed by atoms with Gasteiger partial charge in [-0.3, -0.25) is 0 Å². The van der Waals surface area contributed by atoms with Crippen molar-refractivity contribution in [3.8, 4) is 17.6 Å². The molecule has 0 fully saturated rings. The number of nitriles is 1. The Labute approximate surface area is 75.5 Å². The first-order valence-electron chi connectivity index (χ1n) is 4.26. The van der Waals surface area contributed by atoms with Crippen LogP contribution in [0.5, 0.6) is 11.5 Å². The molecule has 13 heavy (non-hydrogen) atoms. The zero-order valence-electron chi connectivity index (χ0n) is 6.91. The van der Waals surface area contributed by atoms with Crippen LogP contribution in [0.15, 0.2) is 12.1 Å². The smallest absolute Gasteiger partial charge is 0.134 e. The van der Waals surface area contributed by atoms with Gasteiger partial charge in [0.25, 0.3) is 0 Å². The van der Waals surface area contributed by atoms with Gasteiger partial charge in [-0.25, -0.2) is 0 Å². The molecule has 64 valence electrons. The summed E-state index contributed by atoms with van der Waals surface area (Å²) in [6.07, 6.45) is 1.14. The topological polar surface area (TPSA) is 42.2 Å². The Morgan fingerprint density at radius 3 is 3.08 bits per heavy atom. The highest BCUT2D eigenvalue weighted by Crippen LogP contribution is 2.49. The highest BCUT2D eigenvalue weighted by Gasteiger charge is 2.35. The minimum absolute atomic E-state index is 0.214. The Morgan fingerprint density at radius 1 is 1.38 bits per heavy atom. The monoisotopic (exact) mass is 173 g/mol. The molecule has 0 spiro atoms. The quantitative estimate of drug-likeness (QED) is 0.600. The molecule has 0 bridgehead atoms. The predicted octanol–water partition coefficient (Wildman–Crippen LogP) is 1.77. The van der Waals surface area contributed by atoms with Gasteiger partial charge in [0.05, 0.1) is 23.8 Å². The van der Waals surface area contributed by atoms with Crippen LogP contribution in [-0.2, 0) is 0 Å². The minimum Gasteiger partial charge on any atom is -0.493 e. The fraction of sp³-hybridized carbons (Fsp3) is 0.300. The standard InChI is InChI=1S/C10H7NO2/c11-5-6-3-8-10-7(1-2-12-8)13-9(10)4-6/h3-4,7H,1-2H2. The van der Waals surface area contributed by atoms with Crippen LogP contribution in [0.3, 0.4) is 0 Å². The molecule has 3 heteroatoms. The average Bonchev–Trinajstić information content (AvgIpc) is 2.14. The van der Waals surface area contributed by atoms with E-state index < -0.39 is 0 Å². The van der Waals surface area contributed by atoms with Crippen LogP contribution in [0, 0.1) is 11.3 Å². The van der Waals surface area contributed by atoms with E-state index in [0.29, 0.717) is 12.2 Å². The SMILES string of the molecule is N#Cc1cc2c3c(c1)OC3CCO2. The number of hydrogen-bond donors (Lipinski definition) is 0. The zero-order chi connectivity index (χ0) is 8.84. The molecule has 0 saturated heterocycles. The molecule has 3 rings (SSSR count). The zero-order valence-corrected chi connectivity index (χ0v) is 6.91. The van der Waals surface area contributed by atoms with Crippen LogP contribution in [0.2, 0.25) is 0 Å². The number of benzene rings is 1. The fourth-order valence-electron chi connectivity index (χ4n) is 1.83. The Bertz CT molecular complexity index is 420. The molecule has 2 aliphatic heterocycles. The Hall–Kier alpha value is -1.69. The second-order valence-electron chi connectivity index (χ2n) is 3.24. The molecule has 0 amide bonds. The van der Waals surface area contributed by atoms with Crippen molar-refractivity contribution >= 4 is 0 Å². The third kappa shape index (κ3) is 0.775. The van der Waals surface area contributed by atoms with Gasteiger partial charge in [0.2, 0.25) is 0 Å². The molecule has 0 saturated carbocycles. The van der Waals surface area contributed by atoms with E-state index in [0.717, 1.165) is 23.5 Å². The van der Waals surface area contributed by atoms with E-state index in [-0.39, 0.29) is 6.10 Å². The fourth-order valence-corrected chi connectivity index (χ4v) is 1.83. The molecule has 0 aromatic heterocycles. The maximum atomic E-state index is 8.72. The van der Waals surface area contributed by atoms with Crippen molar-refractivity contribution in [2.75, 3.05) is 6.61 Å². The third-order valence-corrected chi connectivity index (χ3v) is 2.46. The number of ether oxygens (including phenoxy) is 2. The van der Waals surface area contributed by atoms with E-state index in [1.54, 1.807) is 12.1 Å². The van der Waals surface area contributed by atoms with Crippen molar-refractivity contribution in [3.63, 3.8) is 0 Å². The Kier molecular flexibility index (Phi) is 1.13. The lowest BCUT2D eigenvalue weighted by Gasteiger charge is -2.36. The molecule has 1 atom stereocenters. The van der Waals surface area contributed by atoms with Crippen LogP contribution >= 0.6 is 0 Å². The van der Waals surface area contributed by atoms with Crippen LogP contribution in [-0.4, -0.2) is 6.61 Å². The Balaban J connectivity index is 2.21. The van der Waals surface area contributed by atoms with Gasteiger partial charge in [-0.1, -0.05) is 0 Å². The summed E-state index contributed by atoms with van der Waals surface area (Å²) in [6.45, 7) is 0.686. The lowest BCUT2D eigenvalue weighted by atomic mass is 9.95. The second kappa shape index (κ2) is 2.17. The molecule has 2 aliphatic rings. The number of rotatable bonds is 0. The van der Waals surface area contributed by atoms with Gasteiger partial charge in [0.1, 0.15) is 17.6 Å². The van der Waals surface area contributed by atoms with Gasteiger partial charge in [0, 0.05) is 6.42 Å². The summed E-state index contributed by atoms with van der Waals surface area (Å²) in [5.74, 6) is 1.65. The maximum absolute atomic E-state index is 8.72. The lowest BCUT2D eigenvalue weighted by molar-refractivity contribution is 0.0861. The molecule has 1 aromatic rings. The molecule has 0 N–H and O–H groups in total. The van der Waals surface area contributed by atoms with E-state index in [9.17, 15) is 0 Å². The summed E-state index contributed by atoms with van der Waals surface area (Å²) in [4.78, 5) is 0. The minimum atomic E-state index is 0.214. The maximum Gasteiger partial charge on any atom is 0.134 e. The predicted molar refractivity (Wildman–Crippen MR) is 44.6 cm³/mol. The van der Waals surface area contributed by atoms with Crippen LogP contribution in [0.1, 0.15) is 23.7 Å². The van der Waals surface area contributed by atoms with Gasteiger partial charge >= 0.3 is 0 Å². The first-order valence-corrected chi connectivity index (χ1v) is 4.26. The van der Waals surface area contributed by atoms with Crippen molar-refractivity contribution in [2.24, 2.45) is 0 Å². The molecule has 0 aliphatic carbocycles. The summed E-state index contributed by atoms with van der Waals surface area (Å²) in [5, 5.41) is 8.72. The van der Waals surface area contributed by atoms with Crippen molar-refractivity contribution in [1.82, 2.24) is 0 Å². The summed E-state index contributed by atoms with van der Waals surface area (Å²) < 4.78 is 10.9. The van der Waals surface area contributed by atoms with Crippen molar-refractivity contribution in [1.29, 1.82) is 5.26 Å². The van der Waals surface area contributed by atoms with Crippen LogP contribution in [0.25, 0.3) is 0 Å². The van der Waals surface area contributed by atoms with E-state index in [1.807, 2.05) is 0 Å². The molecular weight excluding hydrogens is 166 g/mol. The van der Waals surface area contributed by atoms with Gasteiger partial charge in [0.15, 0.2) is 0 Å². The van der Waals surface area contributed by atoms with Gasteiger partial charge < -0.3 is 9.47 Å². The van der Waals surface area contributed by atoms with E-state index in [2.05, 4.69) is 6.07 Å². The average molecular weight is 173 g/mol. The summed E-state index contributed by atoms with van der Waals surface area (Å²) in [7, 11) is 0. The molecule has 2 heterocycles. The summed E-state index contributed by atoms with van der Waals surface area (Å²) >= 11 is 0. The first-order chi connectivity index (χ1) is 6.38. The lowest BCUT2D eigenvalue weighted by Crippen LogP contribution is -2.26. The molecule has 1 aromatic carbocycles. The van der Waals surface area contributed by atoms with Crippen molar-refractivity contribution in [3.05, 3.63) is 23.3 Å². The van der Waals surface area contributed by atoms with Crippen LogP contribution < -0.4 is 9.47 Å². The van der Waals surface area contributed by atoms with Gasteiger partial charge in [-0.05, 0) is 12.1 Å². The second-order valence-corrected chi connectivity index (χ2v) is 3.24. The highest BCUT2D eigenvalue weighted by atomic mass is 16.5. The third-order valence-electron chi connectivity index (χ3n) is 2.46. The van der Waals surface area contributed by atoms with Crippen LogP contribution in [0.4, 0.5) is 0 Å². The number of nitrogens with zero attached hydrogens (tertiary/aromatic N) is 1. The Morgan fingerprint density at radius 2 is 2.23 bits per heavy atom. The number of hydrogen-bond acceptors (Lipinski definition) is 3. The first kappa shape index (κ1) is 6.79. The summed E-state index contributed by atoms with van der Waals surface area (Å²) in [5.41, 5.74) is 1.75. The van der Waals surface area contributed by atoms with E-state index in [1.165, 1.54) is 0 Å². The van der Waals surface area contributed by atoms with Crippen molar-refractivity contribution in [2.45, 2.75) is 12.5 Å². The molecular formula is C10H7NO2. The normalized spacial score (nSPS) is 21.6.